The summed E-state index contributed by atoms with van der Waals surface area (Å²) in [7, 11) is -1.73. The highest BCUT2D eigenvalue weighted by molar-refractivity contribution is 7.90. The lowest BCUT2D eigenvalue weighted by Gasteiger charge is -2.05. The van der Waals surface area contributed by atoms with Crippen LogP contribution in [0.25, 0.3) is 21.3 Å². The van der Waals surface area contributed by atoms with E-state index >= 15 is 0 Å². The molecule has 0 radical (unpaired) electrons. The monoisotopic (exact) mass is 466 g/mol. The van der Waals surface area contributed by atoms with Crippen molar-refractivity contribution in [3.63, 3.8) is 0 Å². The Morgan fingerprint density at radius 3 is 2.34 bits per heavy atom. The Bertz CT molecular complexity index is 1440. The number of methoxy groups -OCH3 is 1. The highest BCUT2D eigenvalue weighted by Gasteiger charge is 2.13. The van der Waals surface area contributed by atoms with Crippen molar-refractivity contribution in [1.29, 1.82) is 0 Å². The van der Waals surface area contributed by atoms with Crippen molar-refractivity contribution < 1.29 is 17.9 Å². The number of benzene rings is 3. The third-order valence-corrected chi connectivity index (χ3v) is 7.19. The largest absolute Gasteiger partial charge is 0.383 e. The second-order valence-electron chi connectivity index (χ2n) is 7.29. The van der Waals surface area contributed by atoms with Crippen LogP contribution in [0.15, 0.2) is 82.7 Å². The number of carbonyl (C=O) groups excluding carboxylic acids is 1. The number of hydrogen-bond acceptors (Lipinski definition) is 5. The normalized spacial score (nSPS) is 12.4. The van der Waals surface area contributed by atoms with Crippen LogP contribution < -0.4 is 4.80 Å². The summed E-state index contributed by atoms with van der Waals surface area (Å²) in [6.45, 7) is 0.931. The Kier molecular flexibility index (Phi) is 6.36. The zero-order valence-electron chi connectivity index (χ0n) is 17.7. The average molecular weight is 467 g/mol. The van der Waals surface area contributed by atoms with Crippen molar-refractivity contribution >= 4 is 37.3 Å². The van der Waals surface area contributed by atoms with Crippen molar-refractivity contribution in [3.8, 4) is 11.1 Å². The molecule has 0 saturated heterocycles. The van der Waals surface area contributed by atoms with E-state index in [0.717, 1.165) is 21.3 Å². The van der Waals surface area contributed by atoms with E-state index in [9.17, 15) is 13.2 Å². The van der Waals surface area contributed by atoms with Crippen molar-refractivity contribution in [1.82, 2.24) is 4.57 Å². The molecule has 1 heterocycles. The molecule has 0 bridgehead atoms. The van der Waals surface area contributed by atoms with Gasteiger partial charge in [-0.15, -0.1) is 0 Å². The van der Waals surface area contributed by atoms with E-state index in [2.05, 4.69) is 4.99 Å². The van der Waals surface area contributed by atoms with Gasteiger partial charge in [0, 0.05) is 25.5 Å². The highest BCUT2D eigenvalue weighted by atomic mass is 32.2. The van der Waals surface area contributed by atoms with E-state index in [4.69, 9.17) is 4.74 Å². The molecule has 4 aromatic rings. The summed E-state index contributed by atoms with van der Waals surface area (Å²) in [5.41, 5.74) is 3.39. The minimum atomic E-state index is -3.33. The number of rotatable bonds is 6. The maximum absolute atomic E-state index is 12.9. The second-order valence-corrected chi connectivity index (χ2v) is 10.3. The van der Waals surface area contributed by atoms with Crippen LogP contribution in [-0.4, -0.2) is 38.9 Å². The first-order valence-corrected chi connectivity index (χ1v) is 12.6. The number of aromatic nitrogens is 1. The standard InChI is InChI=1S/C24H22N2O4S2/c1-30-15-14-26-21-13-12-20(32(2,28)29)16-22(21)31-24(26)25-23(27)19-10-8-18(9-11-19)17-6-4-3-5-7-17/h3-13,16H,14-15H2,1-2H3. The molecule has 0 atom stereocenters. The van der Waals surface area contributed by atoms with E-state index < -0.39 is 9.84 Å². The molecule has 32 heavy (non-hydrogen) atoms. The van der Waals surface area contributed by atoms with E-state index in [0.29, 0.717) is 23.5 Å². The predicted octanol–water partition coefficient (Wildman–Crippen LogP) is 4.16. The van der Waals surface area contributed by atoms with Crippen LogP contribution in [-0.2, 0) is 21.1 Å². The van der Waals surface area contributed by atoms with Gasteiger partial charge < -0.3 is 9.30 Å². The van der Waals surface area contributed by atoms with Gasteiger partial charge in [-0.3, -0.25) is 4.79 Å². The van der Waals surface area contributed by atoms with Crippen LogP contribution >= 0.6 is 11.3 Å². The smallest absolute Gasteiger partial charge is 0.279 e. The molecule has 6 nitrogen and oxygen atoms in total. The quantitative estimate of drug-likeness (QED) is 0.428. The van der Waals surface area contributed by atoms with E-state index in [1.807, 2.05) is 47.0 Å². The predicted molar refractivity (Wildman–Crippen MR) is 127 cm³/mol. The summed E-state index contributed by atoms with van der Waals surface area (Å²) in [5, 5.41) is 0. The van der Waals surface area contributed by atoms with Crippen LogP contribution in [0.4, 0.5) is 0 Å². The average Bonchev–Trinajstić information content (AvgIpc) is 3.13. The fraction of sp³-hybridized carbons (Fsp3) is 0.167. The molecule has 1 aromatic heterocycles. The lowest BCUT2D eigenvalue weighted by molar-refractivity contribution is 0.0997. The maximum atomic E-state index is 12.9. The van der Waals surface area contributed by atoms with E-state index in [1.165, 1.54) is 17.6 Å². The third kappa shape index (κ3) is 4.72. The Hall–Kier alpha value is -3.07. The van der Waals surface area contributed by atoms with Crippen molar-refractivity contribution in [2.75, 3.05) is 20.0 Å². The zero-order chi connectivity index (χ0) is 22.7. The molecule has 164 valence electrons. The van der Waals surface area contributed by atoms with Gasteiger partial charge in [0.1, 0.15) is 0 Å². The SMILES string of the molecule is COCCn1c(=NC(=O)c2ccc(-c3ccccc3)cc2)sc2cc(S(C)(=O)=O)ccc21. The number of nitrogens with zero attached hydrogens (tertiary/aromatic N) is 2. The number of amides is 1. The summed E-state index contributed by atoms with van der Waals surface area (Å²) in [6, 6.07) is 22.2. The van der Waals surface area contributed by atoms with Gasteiger partial charge in [0.15, 0.2) is 14.6 Å². The first-order chi connectivity index (χ1) is 15.4. The van der Waals surface area contributed by atoms with Gasteiger partial charge in [-0.25, -0.2) is 8.42 Å². The molecule has 0 N–H and O–H groups in total. The van der Waals surface area contributed by atoms with Crippen molar-refractivity contribution in [2.45, 2.75) is 11.4 Å². The Balaban J connectivity index is 1.73. The molecule has 0 saturated carbocycles. The summed E-state index contributed by atoms with van der Waals surface area (Å²) in [6.07, 6.45) is 1.18. The van der Waals surface area contributed by atoms with Crippen molar-refractivity contribution in [3.05, 3.63) is 83.2 Å². The summed E-state index contributed by atoms with van der Waals surface area (Å²) in [4.78, 5) is 18.0. The number of thiazole rings is 1. The first kappa shape index (κ1) is 22.1. The maximum Gasteiger partial charge on any atom is 0.279 e. The molecule has 8 heteroatoms. The lowest BCUT2D eigenvalue weighted by Crippen LogP contribution is -2.19. The van der Waals surface area contributed by atoms with Gasteiger partial charge in [-0.1, -0.05) is 53.8 Å². The van der Waals surface area contributed by atoms with Gasteiger partial charge in [-0.05, 0) is 41.5 Å². The molecular formula is C24H22N2O4S2. The minimum absolute atomic E-state index is 0.236. The number of hydrogen-bond donors (Lipinski definition) is 0. The molecule has 0 fully saturated rings. The van der Waals surface area contributed by atoms with Crippen LogP contribution in [0.3, 0.4) is 0 Å². The second kappa shape index (κ2) is 9.20. The number of carbonyl (C=O) groups is 1. The molecule has 0 aliphatic rings. The van der Waals surface area contributed by atoms with Gasteiger partial charge in [0.25, 0.3) is 5.91 Å². The topological polar surface area (TPSA) is 77.7 Å². The molecule has 4 rings (SSSR count). The van der Waals surface area contributed by atoms with Crippen LogP contribution in [0.2, 0.25) is 0 Å². The third-order valence-electron chi connectivity index (χ3n) is 5.04. The lowest BCUT2D eigenvalue weighted by atomic mass is 10.0. The number of sulfone groups is 1. The minimum Gasteiger partial charge on any atom is -0.383 e. The fourth-order valence-electron chi connectivity index (χ4n) is 3.36. The Labute approximate surface area is 190 Å². The van der Waals surface area contributed by atoms with E-state index in [1.54, 1.807) is 37.4 Å². The molecule has 0 spiro atoms. The number of fused-ring (bicyclic) bond motifs is 1. The van der Waals surface area contributed by atoms with Crippen LogP contribution in [0, 0.1) is 0 Å². The zero-order valence-corrected chi connectivity index (χ0v) is 19.3. The first-order valence-electron chi connectivity index (χ1n) is 9.94. The molecule has 0 aliphatic heterocycles. The molecule has 3 aromatic carbocycles. The van der Waals surface area contributed by atoms with Gasteiger partial charge >= 0.3 is 0 Å². The van der Waals surface area contributed by atoms with Gasteiger partial charge in [0.2, 0.25) is 0 Å². The van der Waals surface area contributed by atoms with E-state index in [-0.39, 0.29) is 10.8 Å². The summed E-state index contributed by atoms with van der Waals surface area (Å²) >= 11 is 1.28. The van der Waals surface area contributed by atoms with Crippen LogP contribution in [0.5, 0.6) is 0 Å². The molecular weight excluding hydrogens is 444 g/mol. The summed E-state index contributed by atoms with van der Waals surface area (Å²) < 4.78 is 31.7. The van der Waals surface area contributed by atoms with Crippen LogP contribution in [0.1, 0.15) is 10.4 Å². The molecule has 1 amide bonds. The number of ether oxygens (including phenoxy) is 1. The highest BCUT2D eigenvalue weighted by Crippen LogP contribution is 2.23. The van der Waals surface area contributed by atoms with Gasteiger partial charge in [0.05, 0.1) is 21.7 Å². The van der Waals surface area contributed by atoms with Crippen molar-refractivity contribution in [2.24, 2.45) is 4.99 Å². The summed E-state index contributed by atoms with van der Waals surface area (Å²) in [5.74, 6) is -0.356. The Morgan fingerprint density at radius 1 is 1.00 bits per heavy atom. The fourth-order valence-corrected chi connectivity index (χ4v) is 5.17. The molecule has 0 unspecified atom stereocenters. The van der Waals surface area contributed by atoms with Gasteiger partial charge in [-0.2, -0.15) is 4.99 Å². The Morgan fingerprint density at radius 2 is 1.69 bits per heavy atom. The molecule has 0 aliphatic carbocycles.